The maximum Gasteiger partial charge on any atom is 0.305 e. The van der Waals surface area contributed by atoms with Crippen molar-refractivity contribution in [1.29, 1.82) is 0 Å². The summed E-state index contributed by atoms with van der Waals surface area (Å²) in [6.07, 6.45) is 1.73. The van der Waals surface area contributed by atoms with Crippen molar-refractivity contribution in [2.24, 2.45) is 5.92 Å². The Bertz CT molecular complexity index is 1270. The molecule has 0 fully saturated rings. The Morgan fingerprint density at radius 1 is 1.11 bits per heavy atom. The maximum atomic E-state index is 13.8. The standard InChI is InChI=1S/C27H31FN2O4S/c1-15(2)8-22(30-7-6-16(3)9-24(30)31)27(34)29-21(13-25(32)33)19-12-23(35-14-19)26-17(4)10-20(28)11-18(26)5/h6-7,9-12,14-15,21-22H,8,13H2,1-5H3,(H,29,34)(H,32,33)/t21-,22-/m0/s1. The van der Waals surface area contributed by atoms with Crippen LogP contribution in [0.5, 0.6) is 0 Å². The lowest BCUT2D eigenvalue weighted by Crippen LogP contribution is -2.40. The van der Waals surface area contributed by atoms with Gasteiger partial charge in [0.05, 0.1) is 12.5 Å². The molecule has 0 unspecified atom stereocenters. The van der Waals surface area contributed by atoms with Crippen molar-refractivity contribution >= 4 is 23.2 Å². The first-order valence-electron chi connectivity index (χ1n) is 11.5. The summed E-state index contributed by atoms with van der Waals surface area (Å²) in [5.74, 6) is -1.63. The van der Waals surface area contributed by atoms with Crippen LogP contribution in [0.25, 0.3) is 10.4 Å². The van der Waals surface area contributed by atoms with Gasteiger partial charge >= 0.3 is 5.97 Å². The van der Waals surface area contributed by atoms with Gasteiger partial charge in [0.1, 0.15) is 11.9 Å². The minimum Gasteiger partial charge on any atom is -0.481 e. The number of aryl methyl sites for hydroxylation is 3. The fourth-order valence-corrected chi connectivity index (χ4v) is 5.44. The van der Waals surface area contributed by atoms with Crippen LogP contribution in [0.1, 0.15) is 61.0 Å². The first kappa shape index (κ1) is 26.3. The smallest absolute Gasteiger partial charge is 0.305 e. The van der Waals surface area contributed by atoms with Gasteiger partial charge in [-0.1, -0.05) is 13.8 Å². The SMILES string of the molecule is Cc1ccn([C@@H](CC(C)C)C(=O)N[C@@H](CC(=O)O)c2csc(-c3c(C)cc(F)cc3C)c2)c(=O)c1. The molecule has 0 aliphatic carbocycles. The summed E-state index contributed by atoms with van der Waals surface area (Å²) in [4.78, 5) is 38.5. The van der Waals surface area contributed by atoms with Crippen molar-refractivity contribution in [3.63, 3.8) is 0 Å². The van der Waals surface area contributed by atoms with Gasteiger partial charge in [0, 0.05) is 17.1 Å². The van der Waals surface area contributed by atoms with E-state index in [4.69, 9.17) is 0 Å². The van der Waals surface area contributed by atoms with E-state index < -0.39 is 24.0 Å². The van der Waals surface area contributed by atoms with Gasteiger partial charge < -0.3 is 15.0 Å². The van der Waals surface area contributed by atoms with E-state index in [9.17, 15) is 23.9 Å². The van der Waals surface area contributed by atoms with Crippen LogP contribution < -0.4 is 10.9 Å². The van der Waals surface area contributed by atoms with E-state index in [1.165, 1.54) is 34.1 Å². The lowest BCUT2D eigenvalue weighted by molar-refractivity contribution is -0.138. The molecule has 0 saturated carbocycles. The molecular weight excluding hydrogens is 467 g/mol. The van der Waals surface area contributed by atoms with Crippen LogP contribution in [0.3, 0.4) is 0 Å². The third-order valence-corrected chi connectivity index (χ3v) is 6.86. The van der Waals surface area contributed by atoms with Crippen molar-refractivity contribution < 1.29 is 19.1 Å². The van der Waals surface area contributed by atoms with Crippen LogP contribution >= 0.6 is 11.3 Å². The molecule has 186 valence electrons. The summed E-state index contributed by atoms with van der Waals surface area (Å²) in [6, 6.07) is 6.49. The zero-order chi connectivity index (χ0) is 25.9. The topological polar surface area (TPSA) is 88.4 Å². The second-order valence-corrected chi connectivity index (χ2v) is 10.3. The largest absolute Gasteiger partial charge is 0.481 e. The van der Waals surface area contributed by atoms with E-state index in [1.807, 2.05) is 46.1 Å². The van der Waals surface area contributed by atoms with Crippen LogP contribution in [-0.2, 0) is 9.59 Å². The lowest BCUT2D eigenvalue weighted by atomic mass is 9.98. The summed E-state index contributed by atoms with van der Waals surface area (Å²) in [5, 5.41) is 14.2. The van der Waals surface area contributed by atoms with Crippen molar-refractivity contribution in [1.82, 2.24) is 9.88 Å². The molecule has 2 heterocycles. The van der Waals surface area contributed by atoms with Crippen molar-refractivity contribution in [2.45, 2.75) is 59.5 Å². The monoisotopic (exact) mass is 498 g/mol. The van der Waals surface area contributed by atoms with Gasteiger partial charge in [-0.25, -0.2) is 4.39 Å². The lowest BCUT2D eigenvalue weighted by Gasteiger charge is -2.24. The molecule has 6 nitrogen and oxygen atoms in total. The Labute approximate surface area is 208 Å². The fourth-order valence-electron chi connectivity index (χ4n) is 4.30. The van der Waals surface area contributed by atoms with Gasteiger partial charge in [0.2, 0.25) is 5.91 Å². The predicted molar refractivity (Wildman–Crippen MR) is 136 cm³/mol. The van der Waals surface area contributed by atoms with E-state index in [2.05, 4.69) is 5.32 Å². The number of thiophene rings is 1. The number of carboxylic acid groups (broad SMARTS) is 1. The Hall–Kier alpha value is -3.26. The Morgan fingerprint density at radius 3 is 2.34 bits per heavy atom. The number of benzene rings is 1. The highest BCUT2D eigenvalue weighted by Gasteiger charge is 2.27. The number of hydrogen-bond acceptors (Lipinski definition) is 4. The third kappa shape index (κ3) is 6.45. The van der Waals surface area contributed by atoms with Gasteiger partial charge in [0.15, 0.2) is 0 Å². The van der Waals surface area contributed by atoms with Gasteiger partial charge in [-0.15, -0.1) is 11.3 Å². The first-order chi connectivity index (χ1) is 16.5. The zero-order valence-corrected chi connectivity index (χ0v) is 21.4. The number of amides is 1. The van der Waals surface area contributed by atoms with Gasteiger partial charge in [0.25, 0.3) is 5.56 Å². The molecule has 2 aromatic heterocycles. The Kier molecular flexibility index (Phi) is 8.27. The molecule has 1 aromatic carbocycles. The quantitative estimate of drug-likeness (QED) is 0.404. The first-order valence-corrected chi connectivity index (χ1v) is 12.4. The number of aliphatic carboxylic acids is 1. The van der Waals surface area contributed by atoms with Crippen LogP contribution in [0.4, 0.5) is 4.39 Å². The molecule has 8 heteroatoms. The molecule has 35 heavy (non-hydrogen) atoms. The number of hydrogen-bond donors (Lipinski definition) is 2. The molecule has 0 aliphatic heterocycles. The number of carbonyl (C=O) groups excluding carboxylic acids is 1. The minimum atomic E-state index is -1.05. The van der Waals surface area contributed by atoms with Gasteiger partial charge in [-0.2, -0.15) is 0 Å². The number of nitrogens with one attached hydrogen (secondary N) is 1. The fraction of sp³-hybridized carbons (Fsp3) is 0.370. The molecular formula is C27H31FN2O4S. The number of carboxylic acids is 1. The van der Waals surface area contributed by atoms with Crippen LogP contribution in [0, 0.1) is 32.5 Å². The highest BCUT2D eigenvalue weighted by atomic mass is 32.1. The zero-order valence-electron chi connectivity index (χ0n) is 20.6. The van der Waals surface area contributed by atoms with E-state index in [0.29, 0.717) is 12.0 Å². The molecule has 0 bridgehead atoms. The summed E-state index contributed by atoms with van der Waals surface area (Å²) >= 11 is 1.42. The molecule has 2 N–H and O–H groups in total. The van der Waals surface area contributed by atoms with E-state index in [-0.39, 0.29) is 23.7 Å². The van der Waals surface area contributed by atoms with Crippen molar-refractivity contribution in [3.8, 4) is 10.4 Å². The van der Waals surface area contributed by atoms with E-state index >= 15 is 0 Å². The van der Waals surface area contributed by atoms with Gasteiger partial charge in [-0.3, -0.25) is 14.4 Å². The van der Waals surface area contributed by atoms with E-state index in [1.54, 1.807) is 12.3 Å². The molecule has 0 aliphatic rings. The molecule has 3 aromatic rings. The van der Waals surface area contributed by atoms with Crippen LogP contribution in [0.2, 0.25) is 0 Å². The predicted octanol–water partition coefficient (Wildman–Crippen LogP) is 5.56. The average molecular weight is 499 g/mol. The number of halogens is 1. The van der Waals surface area contributed by atoms with Crippen molar-refractivity contribution in [2.75, 3.05) is 0 Å². The number of aromatic nitrogens is 1. The normalized spacial score (nSPS) is 13.0. The minimum absolute atomic E-state index is 0.133. The molecule has 1 amide bonds. The molecule has 3 rings (SSSR count). The number of pyridine rings is 1. The summed E-state index contributed by atoms with van der Waals surface area (Å²) in [7, 11) is 0. The molecule has 0 saturated heterocycles. The number of carbonyl (C=O) groups is 2. The summed E-state index contributed by atoms with van der Waals surface area (Å²) in [5.41, 5.74) is 3.64. The average Bonchev–Trinajstić information content (AvgIpc) is 3.20. The maximum absolute atomic E-state index is 13.8. The number of nitrogens with zero attached hydrogens (tertiary/aromatic N) is 1. The highest BCUT2D eigenvalue weighted by Crippen LogP contribution is 2.35. The Morgan fingerprint density at radius 2 is 1.77 bits per heavy atom. The van der Waals surface area contributed by atoms with Crippen LogP contribution in [-0.4, -0.2) is 21.6 Å². The Balaban J connectivity index is 1.94. The molecule has 2 atom stereocenters. The molecule has 0 spiro atoms. The van der Waals surface area contributed by atoms with Crippen LogP contribution in [0.15, 0.2) is 46.7 Å². The van der Waals surface area contributed by atoms with E-state index in [0.717, 1.165) is 27.1 Å². The second kappa shape index (κ2) is 11.0. The second-order valence-electron chi connectivity index (χ2n) is 9.41. The third-order valence-electron chi connectivity index (χ3n) is 5.90. The summed E-state index contributed by atoms with van der Waals surface area (Å²) in [6.45, 7) is 9.40. The van der Waals surface area contributed by atoms with Gasteiger partial charge in [-0.05, 0) is 90.6 Å². The highest BCUT2D eigenvalue weighted by molar-refractivity contribution is 7.13. The number of rotatable bonds is 9. The van der Waals surface area contributed by atoms with Crippen molar-refractivity contribution in [3.05, 3.63) is 80.3 Å². The summed E-state index contributed by atoms with van der Waals surface area (Å²) < 4.78 is 15.2. The molecule has 0 radical (unpaired) electrons.